The summed E-state index contributed by atoms with van der Waals surface area (Å²) >= 11 is 7.03. The van der Waals surface area contributed by atoms with E-state index < -0.39 is 4.92 Å². The molecule has 0 bridgehead atoms. The molecule has 0 unspecified atom stereocenters. The van der Waals surface area contributed by atoms with Crippen LogP contribution in [0.3, 0.4) is 0 Å². The molecule has 0 aliphatic heterocycles. The first-order valence-corrected chi connectivity index (χ1v) is 10.1. The highest BCUT2D eigenvalue weighted by atomic mass is 35.5. The molecular weight excluding hydrogens is 418 g/mol. The third-order valence-corrected chi connectivity index (χ3v) is 5.31. The first-order chi connectivity index (χ1) is 13.9. The fraction of sp³-hybridized carbons (Fsp3) is 0.278. The van der Waals surface area contributed by atoms with Gasteiger partial charge in [-0.05, 0) is 31.5 Å². The average molecular weight is 436 g/mol. The van der Waals surface area contributed by atoms with E-state index in [9.17, 15) is 14.9 Å². The van der Waals surface area contributed by atoms with E-state index in [4.69, 9.17) is 16.0 Å². The number of hydrogen-bond acceptors (Lipinski definition) is 7. The van der Waals surface area contributed by atoms with Crippen molar-refractivity contribution in [1.82, 2.24) is 14.8 Å². The van der Waals surface area contributed by atoms with Crippen molar-refractivity contribution in [2.45, 2.75) is 32.0 Å². The molecule has 1 amide bonds. The Balaban J connectivity index is 1.71. The molecule has 1 N–H and O–H groups in total. The number of thioether (sulfide) groups is 1. The van der Waals surface area contributed by atoms with Gasteiger partial charge in [0.2, 0.25) is 5.91 Å². The highest BCUT2D eigenvalue weighted by Gasteiger charge is 2.18. The molecule has 0 aliphatic rings. The summed E-state index contributed by atoms with van der Waals surface area (Å²) in [4.78, 5) is 22.7. The van der Waals surface area contributed by atoms with Gasteiger partial charge in [0, 0.05) is 18.3 Å². The molecule has 0 atom stereocenters. The van der Waals surface area contributed by atoms with Crippen molar-refractivity contribution in [3.8, 4) is 11.4 Å². The maximum absolute atomic E-state index is 12.3. The molecule has 3 aromatic rings. The van der Waals surface area contributed by atoms with Crippen molar-refractivity contribution in [2.75, 3.05) is 11.1 Å². The Morgan fingerprint density at radius 2 is 2.17 bits per heavy atom. The van der Waals surface area contributed by atoms with Gasteiger partial charge in [-0.15, -0.1) is 10.2 Å². The highest BCUT2D eigenvalue weighted by Crippen LogP contribution is 2.29. The number of aryl methyl sites for hydroxylation is 1. The first-order valence-electron chi connectivity index (χ1n) is 8.75. The second kappa shape index (κ2) is 9.10. The molecule has 152 valence electrons. The number of anilines is 1. The lowest BCUT2D eigenvalue weighted by Crippen LogP contribution is -2.15. The summed E-state index contributed by atoms with van der Waals surface area (Å²) in [5.41, 5.74) is 0.895. The summed E-state index contributed by atoms with van der Waals surface area (Å²) < 4.78 is 7.30. The van der Waals surface area contributed by atoms with Gasteiger partial charge in [-0.25, -0.2) is 0 Å². The molecular formula is C18H18ClN5O4S. The van der Waals surface area contributed by atoms with Gasteiger partial charge in [-0.2, -0.15) is 0 Å². The Morgan fingerprint density at radius 1 is 1.38 bits per heavy atom. The van der Waals surface area contributed by atoms with Crippen LogP contribution >= 0.6 is 23.4 Å². The first kappa shape index (κ1) is 20.9. The Morgan fingerprint density at radius 3 is 2.83 bits per heavy atom. The van der Waals surface area contributed by atoms with Crippen LogP contribution in [0.2, 0.25) is 5.02 Å². The van der Waals surface area contributed by atoms with Crippen LogP contribution in [0.5, 0.6) is 0 Å². The molecule has 0 spiro atoms. The van der Waals surface area contributed by atoms with Crippen LogP contribution in [0.15, 0.2) is 40.1 Å². The van der Waals surface area contributed by atoms with Gasteiger partial charge < -0.3 is 14.3 Å². The van der Waals surface area contributed by atoms with Crippen LogP contribution in [0.1, 0.15) is 19.1 Å². The fourth-order valence-corrected chi connectivity index (χ4v) is 3.65. The van der Waals surface area contributed by atoms with Gasteiger partial charge >= 0.3 is 0 Å². The van der Waals surface area contributed by atoms with Crippen LogP contribution in [-0.2, 0) is 11.3 Å². The largest absolute Gasteiger partial charge is 0.469 e. The minimum atomic E-state index is -0.598. The lowest BCUT2D eigenvalue weighted by Gasteiger charge is -2.09. The zero-order valence-electron chi connectivity index (χ0n) is 15.7. The molecule has 0 saturated carbocycles. The Labute approximate surface area is 175 Å². The zero-order chi connectivity index (χ0) is 21.0. The number of halogens is 1. The number of hydrogen-bond donors (Lipinski definition) is 1. The topological polar surface area (TPSA) is 116 Å². The molecule has 29 heavy (non-hydrogen) atoms. The summed E-state index contributed by atoms with van der Waals surface area (Å²) in [6, 6.07) is 5.95. The predicted octanol–water partition coefficient (Wildman–Crippen LogP) is 4.55. The standard InChI is InChI=1S/C18H18ClN5O4S/c1-3-7-23-17(13-6-8-28-11(13)2)21-22-18(23)29-10-16(25)20-12-4-5-14(19)15(9-12)24(26)27/h4-6,8-9H,3,7,10H2,1-2H3,(H,20,25). The van der Waals surface area contributed by atoms with E-state index in [1.807, 2.05) is 24.5 Å². The van der Waals surface area contributed by atoms with Crippen molar-refractivity contribution in [3.05, 3.63) is 51.4 Å². The maximum atomic E-state index is 12.3. The summed E-state index contributed by atoms with van der Waals surface area (Å²) in [6.07, 6.45) is 2.47. The van der Waals surface area contributed by atoms with Crippen LogP contribution in [-0.4, -0.2) is 31.3 Å². The normalized spacial score (nSPS) is 10.9. The van der Waals surface area contributed by atoms with Gasteiger partial charge in [0.1, 0.15) is 10.8 Å². The van der Waals surface area contributed by atoms with E-state index in [1.165, 1.54) is 30.0 Å². The van der Waals surface area contributed by atoms with Gasteiger partial charge in [-0.1, -0.05) is 30.3 Å². The van der Waals surface area contributed by atoms with Crippen LogP contribution < -0.4 is 5.32 Å². The lowest BCUT2D eigenvalue weighted by molar-refractivity contribution is -0.384. The van der Waals surface area contributed by atoms with Crippen molar-refractivity contribution in [1.29, 1.82) is 0 Å². The SMILES string of the molecule is CCCn1c(SCC(=O)Nc2ccc(Cl)c([N+](=O)[O-])c2)nnc1-c1ccoc1C. The monoisotopic (exact) mass is 435 g/mol. The second-order valence-corrected chi connectivity index (χ2v) is 7.46. The van der Waals surface area contributed by atoms with Crippen molar-refractivity contribution in [3.63, 3.8) is 0 Å². The molecule has 0 aliphatic carbocycles. The number of carbonyl (C=O) groups excluding carboxylic acids is 1. The number of nitro groups is 1. The van der Waals surface area contributed by atoms with Gasteiger partial charge in [0.15, 0.2) is 11.0 Å². The third-order valence-electron chi connectivity index (χ3n) is 4.02. The fourth-order valence-electron chi connectivity index (χ4n) is 2.69. The number of nitrogens with zero attached hydrogens (tertiary/aromatic N) is 4. The number of benzene rings is 1. The number of carbonyl (C=O) groups is 1. The molecule has 9 nitrogen and oxygen atoms in total. The number of aromatic nitrogens is 3. The van der Waals surface area contributed by atoms with Gasteiger partial charge in [-0.3, -0.25) is 14.9 Å². The van der Waals surface area contributed by atoms with E-state index >= 15 is 0 Å². The minimum absolute atomic E-state index is 0.0112. The quantitative estimate of drug-likeness (QED) is 0.313. The molecule has 0 fully saturated rings. The van der Waals surface area contributed by atoms with Gasteiger partial charge in [0.05, 0.1) is 22.5 Å². The average Bonchev–Trinajstić information content (AvgIpc) is 3.27. The van der Waals surface area contributed by atoms with E-state index in [1.54, 1.807) is 6.26 Å². The highest BCUT2D eigenvalue weighted by molar-refractivity contribution is 7.99. The summed E-state index contributed by atoms with van der Waals surface area (Å²) in [6.45, 7) is 4.59. The number of furan rings is 1. The smallest absolute Gasteiger partial charge is 0.289 e. The van der Waals surface area contributed by atoms with Crippen molar-refractivity contribution in [2.24, 2.45) is 0 Å². The Bertz CT molecular complexity index is 1050. The number of amides is 1. The van der Waals surface area contributed by atoms with E-state index in [0.29, 0.717) is 23.2 Å². The second-order valence-electron chi connectivity index (χ2n) is 6.11. The minimum Gasteiger partial charge on any atom is -0.469 e. The summed E-state index contributed by atoms with van der Waals surface area (Å²) in [5, 5.41) is 22.7. The zero-order valence-corrected chi connectivity index (χ0v) is 17.3. The summed E-state index contributed by atoms with van der Waals surface area (Å²) in [5.74, 6) is 1.18. The Hall–Kier alpha value is -2.85. The van der Waals surface area contributed by atoms with Crippen molar-refractivity contribution >= 4 is 40.6 Å². The van der Waals surface area contributed by atoms with Gasteiger partial charge in [0.25, 0.3) is 5.69 Å². The molecule has 2 aromatic heterocycles. The van der Waals surface area contributed by atoms with Crippen LogP contribution in [0.4, 0.5) is 11.4 Å². The number of nitrogens with one attached hydrogen (secondary N) is 1. The van der Waals surface area contributed by atoms with E-state index in [0.717, 1.165) is 17.7 Å². The molecule has 11 heteroatoms. The molecule has 2 heterocycles. The molecule has 3 rings (SSSR count). The third kappa shape index (κ3) is 4.77. The van der Waals surface area contributed by atoms with Crippen molar-refractivity contribution < 1.29 is 14.1 Å². The number of rotatable bonds is 8. The molecule has 0 radical (unpaired) electrons. The summed E-state index contributed by atoms with van der Waals surface area (Å²) in [7, 11) is 0. The van der Waals surface area contributed by atoms with E-state index in [2.05, 4.69) is 15.5 Å². The van der Waals surface area contributed by atoms with Crippen LogP contribution in [0, 0.1) is 17.0 Å². The number of nitro benzene ring substituents is 1. The molecule has 0 saturated heterocycles. The van der Waals surface area contributed by atoms with E-state index in [-0.39, 0.29) is 22.4 Å². The molecule has 1 aromatic carbocycles. The predicted molar refractivity (Wildman–Crippen MR) is 110 cm³/mol. The maximum Gasteiger partial charge on any atom is 0.289 e. The van der Waals surface area contributed by atoms with Crippen LogP contribution in [0.25, 0.3) is 11.4 Å². The Kier molecular flexibility index (Phi) is 6.55. The lowest BCUT2D eigenvalue weighted by atomic mass is 10.2.